The lowest BCUT2D eigenvalue weighted by molar-refractivity contribution is 0.0923. The Balaban J connectivity index is 1.90. The van der Waals surface area contributed by atoms with Gasteiger partial charge in [-0.2, -0.15) is 0 Å². The fraction of sp³-hybridized carbons (Fsp3) is 0.333. The van der Waals surface area contributed by atoms with Crippen LogP contribution in [-0.2, 0) is 0 Å². The summed E-state index contributed by atoms with van der Waals surface area (Å²) in [5, 5.41) is 3.14. The van der Waals surface area contributed by atoms with Gasteiger partial charge in [-0.15, -0.1) is 11.3 Å². The minimum atomic E-state index is -0.144. The van der Waals surface area contributed by atoms with Gasteiger partial charge in [-0.3, -0.25) is 4.79 Å². The van der Waals surface area contributed by atoms with Crippen LogP contribution < -0.4 is 5.32 Å². The molecular weight excluding hydrogens is 306 g/mol. The molecule has 0 bridgehead atoms. The topological polar surface area (TPSA) is 57.8 Å². The molecule has 0 radical (unpaired) electrons. The van der Waals surface area contributed by atoms with Gasteiger partial charge >= 0.3 is 0 Å². The molecule has 3 rings (SSSR count). The minimum absolute atomic E-state index is 0.0361. The average Bonchev–Trinajstić information content (AvgIpc) is 3.06. The van der Waals surface area contributed by atoms with Crippen molar-refractivity contribution in [3.8, 4) is 0 Å². The van der Waals surface area contributed by atoms with E-state index in [9.17, 15) is 4.79 Å². The maximum atomic E-state index is 12.6. The minimum Gasteiger partial charge on any atom is -0.342 e. The molecule has 1 unspecified atom stereocenters. The normalized spacial score (nSPS) is 12.7. The van der Waals surface area contributed by atoms with Crippen molar-refractivity contribution in [2.45, 2.75) is 33.7 Å². The highest BCUT2D eigenvalue weighted by Gasteiger charge is 2.23. The Kier molecular flexibility index (Phi) is 4.22. The number of para-hydroxylation sites is 2. The van der Waals surface area contributed by atoms with Crippen LogP contribution in [-0.4, -0.2) is 15.9 Å². The molecule has 0 aliphatic rings. The second kappa shape index (κ2) is 6.16. The molecule has 2 heterocycles. The lowest BCUT2D eigenvalue weighted by Gasteiger charge is -2.20. The van der Waals surface area contributed by atoms with E-state index >= 15 is 0 Å². The van der Waals surface area contributed by atoms with Gasteiger partial charge in [-0.25, -0.2) is 4.98 Å². The van der Waals surface area contributed by atoms with Crippen molar-refractivity contribution in [3.63, 3.8) is 0 Å². The number of benzene rings is 1. The van der Waals surface area contributed by atoms with E-state index in [0.29, 0.717) is 0 Å². The number of aromatic amines is 1. The van der Waals surface area contributed by atoms with E-state index in [1.807, 2.05) is 44.2 Å². The van der Waals surface area contributed by atoms with Crippen LogP contribution in [0.1, 0.15) is 45.8 Å². The zero-order chi connectivity index (χ0) is 16.6. The standard InChI is InChI=1S/C18H21N3OS/c1-10(2)16(17-19-14-7-5-6-8-15(14)20-17)21-18(22)13-9-11(3)23-12(13)4/h5-10,16H,1-4H3,(H,19,20)(H,21,22). The van der Waals surface area contributed by atoms with Crippen LogP contribution in [0.25, 0.3) is 11.0 Å². The van der Waals surface area contributed by atoms with Crippen molar-refractivity contribution in [2.24, 2.45) is 5.92 Å². The zero-order valence-electron chi connectivity index (χ0n) is 13.8. The summed E-state index contributed by atoms with van der Waals surface area (Å²) in [6.45, 7) is 8.18. The molecule has 0 saturated carbocycles. The molecule has 0 fully saturated rings. The van der Waals surface area contributed by atoms with Crippen LogP contribution in [0.2, 0.25) is 0 Å². The van der Waals surface area contributed by atoms with Gasteiger partial charge < -0.3 is 10.3 Å². The number of amides is 1. The van der Waals surface area contributed by atoms with Crippen LogP contribution in [0.4, 0.5) is 0 Å². The number of hydrogen-bond donors (Lipinski definition) is 2. The van der Waals surface area contributed by atoms with Gasteiger partial charge in [0.05, 0.1) is 22.6 Å². The number of carbonyl (C=O) groups is 1. The summed E-state index contributed by atoms with van der Waals surface area (Å²) in [4.78, 5) is 22.8. The number of nitrogens with one attached hydrogen (secondary N) is 2. The molecule has 1 amide bonds. The van der Waals surface area contributed by atoms with Gasteiger partial charge in [0, 0.05) is 9.75 Å². The Bertz CT molecular complexity index is 814. The maximum Gasteiger partial charge on any atom is 0.253 e. The molecule has 23 heavy (non-hydrogen) atoms. The van der Waals surface area contributed by atoms with Gasteiger partial charge in [0.25, 0.3) is 5.91 Å². The summed E-state index contributed by atoms with van der Waals surface area (Å²) in [6, 6.07) is 9.72. The molecular formula is C18H21N3OS. The van der Waals surface area contributed by atoms with E-state index in [0.717, 1.165) is 32.2 Å². The number of H-pyrrole nitrogens is 1. The molecule has 0 aliphatic carbocycles. The summed E-state index contributed by atoms with van der Waals surface area (Å²) in [6.07, 6.45) is 0. The second-order valence-corrected chi connectivity index (χ2v) is 7.62. The largest absolute Gasteiger partial charge is 0.342 e. The number of rotatable bonds is 4. The first-order valence-corrected chi connectivity index (χ1v) is 8.60. The molecule has 0 saturated heterocycles. The van der Waals surface area contributed by atoms with Crippen molar-refractivity contribution < 1.29 is 4.79 Å². The first-order chi connectivity index (χ1) is 11.0. The van der Waals surface area contributed by atoms with Gasteiger partial charge in [0.15, 0.2) is 0 Å². The number of imidazole rings is 1. The quantitative estimate of drug-likeness (QED) is 0.747. The fourth-order valence-corrected chi connectivity index (χ4v) is 3.67. The molecule has 5 heteroatoms. The van der Waals surface area contributed by atoms with E-state index in [4.69, 9.17) is 0 Å². The van der Waals surface area contributed by atoms with Gasteiger partial charge in [-0.1, -0.05) is 26.0 Å². The van der Waals surface area contributed by atoms with E-state index in [1.165, 1.54) is 0 Å². The van der Waals surface area contributed by atoms with Crippen molar-refractivity contribution in [2.75, 3.05) is 0 Å². The van der Waals surface area contributed by atoms with Crippen LogP contribution in [0.3, 0.4) is 0 Å². The highest BCUT2D eigenvalue weighted by Crippen LogP contribution is 2.25. The van der Waals surface area contributed by atoms with Crippen molar-refractivity contribution in [1.82, 2.24) is 15.3 Å². The predicted octanol–water partition coefficient (Wildman–Crippen LogP) is 4.37. The molecule has 0 spiro atoms. The Morgan fingerprint density at radius 1 is 1.26 bits per heavy atom. The van der Waals surface area contributed by atoms with Crippen LogP contribution in [0.15, 0.2) is 30.3 Å². The SMILES string of the molecule is Cc1cc(C(=O)NC(c2nc3ccccc3[nH]2)C(C)C)c(C)s1. The Hall–Kier alpha value is -2.14. The van der Waals surface area contributed by atoms with E-state index in [2.05, 4.69) is 29.1 Å². The van der Waals surface area contributed by atoms with Crippen molar-refractivity contribution >= 4 is 28.3 Å². The molecule has 120 valence electrons. The first kappa shape index (κ1) is 15.7. The van der Waals surface area contributed by atoms with E-state index in [1.54, 1.807) is 11.3 Å². The predicted molar refractivity (Wildman–Crippen MR) is 94.9 cm³/mol. The molecule has 2 aromatic heterocycles. The van der Waals surface area contributed by atoms with Crippen LogP contribution in [0.5, 0.6) is 0 Å². The van der Waals surface area contributed by atoms with Gasteiger partial charge in [-0.05, 0) is 38.0 Å². The average molecular weight is 327 g/mol. The number of aryl methyl sites for hydroxylation is 2. The number of aromatic nitrogens is 2. The Labute approximate surface area is 140 Å². The lowest BCUT2D eigenvalue weighted by atomic mass is 10.0. The molecule has 0 aliphatic heterocycles. The zero-order valence-corrected chi connectivity index (χ0v) is 14.6. The number of thiophene rings is 1. The van der Waals surface area contributed by atoms with Gasteiger partial charge in [0.2, 0.25) is 0 Å². The molecule has 2 N–H and O–H groups in total. The van der Waals surface area contributed by atoms with E-state index in [-0.39, 0.29) is 17.9 Å². The number of fused-ring (bicyclic) bond motifs is 1. The maximum absolute atomic E-state index is 12.6. The van der Waals surface area contributed by atoms with E-state index < -0.39 is 0 Å². The third-order valence-electron chi connectivity index (χ3n) is 3.94. The number of hydrogen-bond acceptors (Lipinski definition) is 3. The highest BCUT2D eigenvalue weighted by atomic mass is 32.1. The number of nitrogens with zero attached hydrogens (tertiary/aromatic N) is 1. The van der Waals surface area contributed by atoms with Crippen molar-refractivity contribution in [3.05, 3.63) is 51.5 Å². The summed E-state index contributed by atoms with van der Waals surface area (Å²) in [5.74, 6) is 1.00. The van der Waals surface area contributed by atoms with Crippen LogP contribution in [0, 0.1) is 19.8 Å². The highest BCUT2D eigenvalue weighted by molar-refractivity contribution is 7.12. The third-order valence-corrected chi connectivity index (χ3v) is 4.91. The van der Waals surface area contributed by atoms with Crippen LogP contribution >= 0.6 is 11.3 Å². The monoisotopic (exact) mass is 327 g/mol. The third kappa shape index (κ3) is 3.15. The molecule has 3 aromatic rings. The first-order valence-electron chi connectivity index (χ1n) is 7.78. The molecule has 1 aromatic carbocycles. The molecule has 1 atom stereocenters. The summed E-state index contributed by atoms with van der Waals surface area (Å²) < 4.78 is 0. The smallest absolute Gasteiger partial charge is 0.253 e. The number of carbonyl (C=O) groups excluding carboxylic acids is 1. The molecule has 4 nitrogen and oxygen atoms in total. The summed E-state index contributed by atoms with van der Waals surface area (Å²) in [5.41, 5.74) is 2.67. The Morgan fingerprint density at radius 3 is 2.61 bits per heavy atom. The Morgan fingerprint density at radius 2 is 2.00 bits per heavy atom. The summed E-state index contributed by atoms with van der Waals surface area (Å²) >= 11 is 1.65. The van der Waals surface area contributed by atoms with Crippen molar-refractivity contribution in [1.29, 1.82) is 0 Å². The second-order valence-electron chi connectivity index (χ2n) is 6.16. The van der Waals surface area contributed by atoms with Gasteiger partial charge in [0.1, 0.15) is 5.82 Å². The lowest BCUT2D eigenvalue weighted by Crippen LogP contribution is -2.32. The fourth-order valence-electron chi connectivity index (χ4n) is 2.75. The summed E-state index contributed by atoms with van der Waals surface area (Å²) in [7, 11) is 0.